The van der Waals surface area contributed by atoms with Gasteiger partial charge in [0.15, 0.2) is 0 Å². The number of aliphatic hydroxyl groups is 1. The molecule has 2 atom stereocenters. The van der Waals surface area contributed by atoms with E-state index in [0.717, 1.165) is 6.42 Å². The lowest BCUT2D eigenvalue weighted by atomic mass is 10.1. The van der Waals surface area contributed by atoms with Gasteiger partial charge in [-0.15, -0.1) is 0 Å². The molecule has 21 heavy (non-hydrogen) atoms. The summed E-state index contributed by atoms with van der Waals surface area (Å²) in [5, 5.41) is 11.6. The standard InChI is InChI=1S/C16H18FNO3/c1-11-15(7-9-21-11)18-16(20)14-10-13(17)6-5-12(14)4-2-3-8-19/h5-6,10-11,15,19H,3,7-9H2,1H3,(H,18,20). The fraction of sp³-hybridized carbons (Fsp3) is 0.438. The van der Waals surface area contributed by atoms with Crippen molar-refractivity contribution in [1.82, 2.24) is 5.32 Å². The number of carbonyl (C=O) groups excluding carboxylic acids is 1. The molecule has 1 aromatic rings. The fourth-order valence-corrected chi connectivity index (χ4v) is 2.19. The van der Waals surface area contributed by atoms with Gasteiger partial charge >= 0.3 is 0 Å². The zero-order chi connectivity index (χ0) is 15.2. The van der Waals surface area contributed by atoms with Crippen LogP contribution in [-0.2, 0) is 4.74 Å². The number of halogens is 1. The number of hydrogen-bond donors (Lipinski definition) is 2. The molecule has 1 saturated heterocycles. The first kappa shape index (κ1) is 15.5. The molecule has 1 fully saturated rings. The van der Waals surface area contributed by atoms with Crippen LogP contribution in [0.1, 0.15) is 35.7 Å². The van der Waals surface area contributed by atoms with Gasteiger partial charge < -0.3 is 15.2 Å². The molecule has 0 bridgehead atoms. The highest BCUT2D eigenvalue weighted by atomic mass is 19.1. The molecular weight excluding hydrogens is 273 g/mol. The molecule has 1 aliphatic rings. The van der Waals surface area contributed by atoms with E-state index in [9.17, 15) is 9.18 Å². The third kappa shape index (κ3) is 4.03. The van der Waals surface area contributed by atoms with E-state index >= 15 is 0 Å². The minimum absolute atomic E-state index is 0.0490. The van der Waals surface area contributed by atoms with Crippen LogP contribution in [0.5, 0.6) is 0 Å². The molecule has 5 heteroatoms. The molecule has 112 valence electrons. The fourth-order valence-electron chi connectivity index (χ4n) is 2.19. The Morgan fingerprint density at radius 2 is 2.38 bits per heavy atom. The summed E-state index contributed by atoms with van der Waals surface area (Å²) in [5.74, 6) is 4.69. The van der Waals surface area contributed by atoms with Gasteiger partial charge in [-0.25, -0.2) is 4.39 Å². The molecule has 2 rings (SSSR count). The SMILES string of the molecule is CC1OCCC1NC(=O)c1cc(F)ccc1C#CCCO. The minimum Gasteiger partial charge on any atom is -0.395 e. The van der Waals surface area contributed by atoms with Crippen LogP contribution in [0.15, 0.2) is 18.2 Å². The van der Waals surface area contributed by atoms with Crippen LogP contribution in [0, 0.1) is 17.7 Å². The molecular formula is C16H18FNO3. The van der Waals surface area contributed by atoms with Crippen LogP contribution in [0.2, 0.25) is 0 Å². The number of carbonyl (C=O) groups is 1. The van der Waals surface area contributed by atoms with Crippen molar-refractivity contribution in [3.8, 4) is 11.8 Å². The Morgan fingerprint density at radius 1 is 1.57 bits per heavy atom. The highest BCUT2D eigenvalue weighted by Crippen LogP contribution is 2.15. The summed E-state index contributed by atoms with van der Waals surface area (Å²) < 4.78 is 18.8. The van der Waals surface area contributed by atoms with E-state index in [4.69, 9.17) is 9.84 Å². The van der Waals surface area contributed by atoms with E-state index in [1.807, 2.05) is 6.92 Å². The summed E-state index contributed by atoms with van der Waals surface area (Å²) in [6.45, 7) is 2.45. The number of aliphatic hydroxyl groups excluding tert-OH is 1. The van der Waals surface area contributed by atoms with Crippen molar-refractivity contribution < 1.29 is 19.0 Å². The van der Waals surface area contributed by atoms with E-state index in [1.54, 1.807) is 0 Å². The van der Waals surface area contributed by atoms with Crippen molar-refractivity contribution >= 4 is 5.91 Å². The predicted molar refractivity (Wildman–Crippen MR) is 76.3 cm³/mol. The van der Waals surface area contributed by atoms with Crippen LogP contribution in [-0.4, -0.2) is 36.4 Å². The molecule has 1 aliphatic heterocycles. The van der Waals surface area contributed by atoms with E-state index in [0.29, 0.717) is 18.6 Å². The van der Waals surface area contributed by atoms with Gasteiger partial charge in [-0.05, 0) is 31.5 Å². The summed E-state index contributed by atoms with van der Waals surface area (Å²) in [5.41, 5.74) is 0.661. The number of ether oxygens (including phenoxy) is 1. The van der Waals surface area contributed by atoms with Gasteiger partial charge in [-0.1, -0.05) is 11.8 Å². The Hall–Kier alpha value is -1.90. The molecule has 1 aromatic carbocycles. The lowest BCUT2D eigenvalue weighted by Gasteiger charge is -2.16. The maximum atomic E-state index is 13.4. The van der Waals surface area contributed by atoms with Crippen LogP contribution < -0.4 is 5.32 Å². The third-order valence-corrected chi connectivity index (χ3v) is 3.38. The molecule has 2 N–H and O–H groups in total. The molecule has 1 heterocycles. The van der Waals surface area contributed by atoms with Gasteiger partial charge in [0.2, 0.25) is 0 Å². The monoisotopic (exact) mass is 291 g/mol. The second-order valence-corrected chi connectivity index (χ2v) is 4.91. The normalized spacial score (nSPS) is 20.7. The molecule has 0 radical (unpaired) electrons. The predicted octanol–water partition coefficient (Wildman–Crippen LogP) is 1.47. The van der Waals surface area contributed by atoms with Crippen molar-refractivity contribution in [3.63, 3.8) is 0 Å². The van der Waals surface area contributed by atoms with E-state index < -0.39 is 5.82 Å². The van der Waals surface area contributed by atoms with Gasteiger partial charge in [-0.3, -0.25) is 4.79 Å². The van der Waals surface area contributed by atoms with E-state index in [-0.39, 0.29) is 30.2 Å². The lowest BCUT2D eigenvalue weighted by molar-refractivity contribution is 0.0865. The number of rotatable bonds is 3. The maximum absolute atomic E-state index is 13.4. The number of amides is 1. The first-order valence-electron chi connectivity index (χ1n) is 6.93. The molecule has 1 amide bonds. The van der Waals surface area contributed by atoms with Crippen molar-refractivity contribution in [3.05, 3.63) is 35.1 Å². The Morgan fingerprint density at radius 3 is 3.05 bits per heavy atom. The highest BCUT2D eigenvalue weighted by Gasteiger charge is 2.26. The summed E-state index contributed by atoms with van der Waals surface area (Å²) in [4.78, 5) is 12.3. The second kappa shape index (κ2) is 7.21. The Labute approximate surface area is 123 Å². The average Bonchev–Trinajstić information content (AvgIpc) is 2.86. The highest BCUT2D eigenvalue weighted by molar-refractivity contribution is 5.97. The third-order valence-electron chi connectivity index (χ3n) is 3.38. The molecule has 0 aliphatic carbocycles. The topological polar surface area (TPSA) is 58.6 Å². The van der Waals surface area contributed by atoms with Gasteiger partial charge in [-0.2, -0.15) is 0 Å². The van der Waals surface area contributed by atoms with Gasteiger partial charge in [0.25, 0.3) is 5.91 Å². The first-order valence-corrected chi connectivity index (χ1v) is 6.93. The van der Waals surface area contributed by atoms with E-state index in [1.165, 1.54) is 18.2 Å². The second-order valence-electron chi connectivity index (χ2n) is 4.91. The van der Waals surface area contributed by atoms with Crippen LogP contribution in [0.4, 0.5) is 4.39 Å². The number of hydrogen-bond acceptors (Lipinski definition) is 3. The minimum atomic E-state index is -0.483. The zero-order valence-corrected chi connectivity index (χ0v) is 11.9. The number of benzene rings is 1. The van der Waals surface area contributed by atoms with Crippen molar-refractivity contribution in [2.24, 2.45) is 0 Å². The maximum Gasteiger partial charge on any atom is 0.252 e. The van der Waals surface area contributed by atoms with Crippen LogP contribution in [0.3, 0.4) is 0 Å². The van der Waals surface area contributed by atoms with E-state index in [2.05, 4.69) is 17.2 Å². The quantitative estimate of drug-likeness (QED) is 0.829. The largest absolute Gasteiger partial charge is 0.395 e. The van der Waals surface area contributed by atoms with Crippen LogP contribution in [0.25, 0.3) is 0 Å². The summed E-state index contributed by atoms with van der Waals surface area (Å²) >= 11 is 0. The summed E-state index contributed by atoms with van der Waals surface area (Å²) in [6.07, 6.45) is 1.01. The van der Waals surface area contributed by atoms with Crippen molar-refractivity contribution in [2.45, 2.75) is 31.9 Å². The average molecular weight is 291 g/mol. The molecule has 0 saturated carbocycles. The Balaban J connectivity index is 2.19. The molecule has 4 nitrogen and oxygen atoms in total. The van der Waals surface area contributed by atoms with Gasteiger partial charge in [0, 0.05) is 18.6 Å². The lowest BCUT2D eigenvalue weighted by Crippen LogP contribution is -2.39. The summed E-state index contributed by atoms with van der Waals surface area (Å²) in [6, 6.07) is 3.85. The molecule has 2 unspecified atom stereocenters. The van der Waals surface area contributed by atoms with Crippen LogP contribution >= 0.6 is 0 Å². The number of nitrogens with one attached hydrogen (secondary N) is 1. The Kier molecular flexibility index (Phi) is 5.32. The Bertz CT molecular complexity index is 577. The smallest absolute Gasteiger partial charge is 0.252 e. The molecule has 0 spiro atoms. The van der Waals surface area contributed by atoms with Crippen molar-refractivity contribution in [1.29, 1.82) is 0 Å². The van der Waals surface area contributed by atoms with Gasteiger partial charge in [0.05, 0.1) is 24.3 Å². The first-order chi connectivity index (χ1) is 10.1. The molecule has 0 aromatic heterocycles. The zero-order valence-electron chi connectivity index (χ0n) is 11.9. The van der Waals surface area contributed by atoms with Gasteiger partial charge in [0.1, 0.15) is 5.82 Å². The van der Waals surface area contributed by atoms with Crippen molar-refractivity contribution in [2.75, 3.05) is 13.2 Å². The summed E-state index contributed by atoms with van der Waals surface area (Å²) in [7, 11) is 0.